The summed E-state index contributed by atoms with van der Waals surface area (Å²) < 4.78 is 6.95. The van der Waals surface area contributed by atoms with Gasteiger partial charge in [-0.05, 0) is 0 Å². The van der Waals surface area contributed by atoms with Gasteiger partial charge in [0.25, 0.3) is 10.1 Å². The monoisotopic (exact) mass is 232 g/mol. The third kappa shape index (κ3) is 2.40. The third-order valence-electron chi connectivity index (χ3n) is 1.03. The standard InChI is InChI=1S/C5H3Cl3O4/c6-5(7,8)4-11-2(9)1-3(10)12-4/h4H,1H2. The van der Waals surface area contributed by atoms with E-state index in [1.807, 2.05) is 0 Å². The van der Waals surface area contributed by atoms with E-state index >= 15 is 0 Å². The van der Waals surface area contributed by atoms with Crippen molar-refractivity contribution in [3.8, 4) is 0 Å². The van der Waals surface area contributed by atoms with E-state index in [1.165, 1.54) is 0 Å². The highest BCUT2D eigenvalue weighted by atomic mass is 35.6. The third-order valence-corrected chi connectivity index (χ3v) is 1.57. The number of hydrogen-bond acceptors (Lipinski definition) is 4. The topological polar surface area (TPSA) is 52.6 Å². The largest absolute Gasteiger partial charge is 0.420 e. The van der Waals surface area contributed by atoms with Gasteiger partial charge in [0, 0.05) is 0 Å². The van der Waals surface area contributed by atoms with Crippen molar-refractivity contribution < 1.29 is 19.1 Å². The van der Waals surface area contributed by atoms with Crippen LogP contribution < -0.4 is 0 Å². The van der Waals surface area contributed by atoms with Crippen LogP contribution in [-0.2, 0) is 19.1 Å². The molecule has 0 atom stereocenters. The summed E-state index contributed by atoms with van der Waals surface area (Å²) in [6, 6.07) is 0. The first kappa shape index (κ1) is 9.89. The number of rotatable bonds is 0. The van der Waals surface area contributed by atoms with Crippen molar-refractivity contribution >= 4 is 46.7 Å². The second kappa shape index (κ2) is 3.28. The zero-order chi connectivity index (χ0) is 9.35. The van der Waals surface area contributed by atoms with Crippen molar-refractivity contribution in [2.24, 2.45) is 0 Å². The van der Waals surface area contributed by atoms with E-state index in [0.717, 1.165) is 0 Å². The first-order chi connectivity index (χ1) is 5.39. The average molecular weight is 233 g/mol. The van der Waals surface area contributed by atoms with Crippen LogP contribution >= 0.6 is 34.8 Å². The first-order valence-electron chi connectivity index (χ1n) is 2.85. The molecule has 0 saturated carbocycles. The summed E-state index contributed by atoms with van der Waals surface area (Å²) in [4.78, 5) is 21.3. The molecule has 1 fully saturated rings. The minimum atomic E-state index is -1.94. The summed E-state index contributed by atoms with van der Waals surface area (Å²) in [5, 5.41) is 0. The molecule has 68 valence electrons. The van der Waals surface area contributed by atoms with E-state index in [0.29, 0.717) is 0 Å². The molecule has 0 aromatic rings. The van der Waals surface area contributed by atoms with Gasteiger partial charge in [-0.2, -0.15) is 0 Å². The van der Waals surface area contributed by atoms with Crippen LogP contribution in [0.25, 0.3) is 0 Å². The number of cyclic esters (lactones) is 2. The molecule has 0 radical (unpaired) electrons. The Labute approximate surface area is 82.7 Å². The number of hydrogen-bond donors (Lipinski definition) is 0. The highest BCUT2D eigenvalue weighted by Gasteiger charge is 2.42. The normalized spacial score (nSPS) is 20.2. The molecular weight excluding hydrogens is 230 g/mol. The summed E-state index contributed by atoms with van der Waals surface area (Å²) in [6.07, 6.45) is -1.90. The second-order valence-corrected chi connectivity index (χ2v) is 4.40. The Bertz CT molecular complexity index is 205. The molecular formula is C5H3Cl3O4. The molecule has 1 aliphatic rings. The first-order valence-corrected chi connectivity index (χ1v) is 3.98. The van der Waals surface area contributed by atoms with E-state index in [-0.39, 0.29) is 0 Å². The molecule has 1 saturated heterocycles. The average Bonchev–Trinajstić information content (AvgIpc) is 1.82. The fourth-order valence-electron chi connectivity index (χ4n) is 0.598. The Morgan fingerprint density at radius 3 is 1.92 bits per heavy atom. The van der Waals surface area contributed by atoms with Crippen molar-refractivity contribution in [3.63, 3.8) is 0 Å². The second-order valence-electron chi connectivity index (χ2n) is 2.03. The van der Waals surface area contributed by atoms with Crippen LogP contribution in [0, 0.1) is 0 Å². The molecule has 0 aromatic heterocycles. The molecule has 12 heavy (non-hydrogen) atoms. The lowest BCUT2D eigenvalue weighted by Crippen LogP contribution is -2.40. The van der Waals surface area contributed by atoms with E-state index in [4.69, 9.17) is 34.8 Å². The molecule has 1 aliphatic heterocycles. The molecule has 1 rings (SSSR count). The summed E-state index contributed by atoms with van der Waals surface area (Å²) in [7, 11) is 0. The van der Waals surface area contributed by atoms with E-state index < -0.39 is 28.4 Å². The van der Waals surface area contributed by atoms with Crippen molar-refractivity contribution in [1.29, 1.82) is 0 Å². The van der Waals surface area contributed by atoms with Crippen LogP contribution in [0.4, 0.5) is 0 Å². The molecule has 0 amide bonds. The Hall–Kier alpha value is -0.190. The van der Waals surface area contributed by atoms with Gasteiger partial charge >= 0.3 is 11.9 Å². The van der Waals surface area contributed by atoms with Crippen LogP contribution in [-0.4, -0.2) is 22.0 Å². The van der Waals surface area contributed by atoms with Gasteiger partial charge < -0.3 is 9.47 Å². The number of carbonyl (C=O) groups excluding carboxylic acids is 2. The minimum Gasteiger partial charge on any atom is -0.420 e. The molecule has 1 heterocycles. The Kier molecular flexibility index (Phi) is 2.70. The Balaban J connectivity index is 2.68. The summed E-state index contributed by atoms with van der Waals surface area (Å²) in [5.74, 6) is -1.52. The number of alkyl halides is 3. The van der Waals surface area contributed by atoms with Crippen LogP contribution in [0.15, 0.2) is 0 Å². The van der Waals surface area contributed by atoms with Gasteiger partial charge in [-0.3, -0.25) is 9.59 Å². The number of ether oxygens (including phenoxy) is 2. The fourth-order valence-corrected chi connectivity index (χ4v) is 0.865. The smallest absolute Gasteiger partial charge is 0.320 e. The fraction of sp³-hybridized carbons (Fsp3) is 0.600. The predicted molar refractivity (Wildman–Crippen MR) is 40.9 cm³/mol. The maximum Gasteiger partial charge on any atom is 0.320 e. The van der Waals surface area contributed by atoms with Gasteiger partial charge in [0.15, 0.2) is 0 Å². The highest BCUT2D eigenvalue weighted by molar-refractivity contribution is 6.68. The van der Waals surface area contributed by atoms with Crippen LogP contribution in [0.5, 0.6) is 0 Å². The maximum atomic E-state index is 10.6. The van der Waals surface area contributed by atoms with Gasteiger partial charge in [-0.1, -0.05) is 34.8 Å². The van der Waals surface area contributed by atoms with E-state index in [1.54, 1.807) is 0 Å². The lowest BCUT2D eigenvalue weighted by atomic mass is 10.4. The Morgan fingerprint density at radius 1 is 1.17 bits per heavy atom. The summed E-state index contributed by atoms with van der Waals surface area (Å²) in [5.41, 5.74) is 0. The van der Waals surface area contributed by atoms with E-state index in [2.05, 4.69) is 9.47 Å². The SMILES string of the molecule is O=C1CC(=O)OC(C(Cl)(Cl)Cl)O1. The van der Waals surface area contributed by atoms with Gasteiger partial charge in [0.1, 0.15) is 6.42 Å². The highest BCUT2D eigenvalue weighted by Crippen LogP contribution is 2.34. The number of carbonyl (C=O) groups is 2. The Morgan fingerprint density at radius 2 is 1.58 bits per heavy atom. The molecule has 0 bridgehead atoms. The van der Waals surface area contributed by atoms with Crippen LogP contribution in [0.1, 0.15) is 6.42 Å². The van der Waals surface area contributed by atoms with Crippen molar-refractivity contribution in [1.82, 2.24) is 0 Å². The van der Waals surface area contributed by atoms with Gasteiger partial charge in [-0.25, -0.2) is 0 Å². The lowest BCUT2D eigenvalue weighted by Gasteiger charge is -2.26. The van der Waals surface area contributed by atoms with Gasteiger partial charge in [0.2, 0.25) is 0 Å². The van der Waals surface area contributed by atoms with Crippen molar-refractivity contribution in [2.45, 2.75) is 16.5 Å². The van der Waals surface area contributed by atoms with Crippen molar-refractivity contribution in [2.75, 3.05) is 0 Å². The molecule has 0 aromatic carbocycles. The summed E-state index contributed by atoms with van der Waals surface area (Å²) in [6.45, 7) is 0. The zero-order valence-corrected chi connectivity index (χ0v) is 7.82. The van der Waals surface area contributed by atoms with Gasteiger partial charge in [0.05, 0.1) is 0 Å². The maximum absolute atomic E-state index is 10.6. The zero-order valence-electron chi connectivity index (χ0n) is 5.55. The molecule has 0 aliphatic carbocycles. The number of halogens is 3. The number of esters is 2. The quantitative estimate of drug-likeness (QED) is 0.358. The lowest BCUT2D eigenvalue weighted by molar-refractivity contribution is -0.202. The van der Waals surface area contributed by atoms with Crippen LogP contribution in [0.2, 0.25) is 0 Å². The predicted octanol–water partition coefficient (Wildman–Crippen LogP) is 1.17. The molecule has 4 nitrogen and oxygen atoms in total. The summed E-state index contributed by atoms with van der Waals surface area (Å²) >= 11 is 16.0. The molecule has 7 heteroatoms. The molecule has 0 spiro atoms. The minimum absolute atomic E-state index is 0.447. The molecule has 0 unspecified atom stereocenters. The molecule has 0 N–H and O–H groups in total. The van der Waals surface area contributed by atoms with Crippen LogP contribution in [0.3, 0.4) is 0 Å². The van der Waals surface area contributed by atoms with Crippen molar-refractivity contribution in [3.05, 3.63) is 0 Å². The van der Waals surface area contributed by atoms with E-state index in [9.17, 15) is 9.59 Å². The van der Waals surface area contributed by atoms with Gasteiger partial charge in [-0.15, -0.1) is 0 Å².